The molecule has 176 valence electrons. The van der Waals surface area contributed by atoms with E-state index in [2.05, 4.69) is 20.8 Å². The molecule has 2 aliphatic heterocycles. The predicted octanol–water partition coefficient (Wildman–Crippen LogP) is -0.333. The van der Waals surface area contributed by atoms with Crippen molar-refractivity contribution in [3.05, 3.63) is 16.3 Å². The molecule has 1 saturated heterocycles. The number of carbonyl (C=O) groups is 3. The van der Waals surface area contributed by atoms with E-state index in [4.69, 9.17) is 4.55 Å². The van der Waals surface area contributed by atoms with Crippen molar-refractivity contribution in [2.24, 2.45) is 0 Å². The number of aliphatic carboxylic acids is 1. The van der Waals surface area contributed by atoms with E-state index >= 15 is 0 Å². The quantitative estimate of drug-likeness (QED) is 0.163. The van der Waals surface area contributed by atoms with Crippen molar-refractivity contribution in [2.75, 3.05) is 29.4 Å². The first-order valence-electron chi connectivity index (χ1n) is 8.90. The second-order valence-corrected chi connectivity index (χ2v) is 12.3. The van der Waals surface area contributed by atoms with Crippen molar-refractivity contribution in [2.45, 2.75) is 22.3 Å². The molecule has 2 aliphatic rings. The highest BCUT2D eigenvalue weighted by molar-refractivity contribution is 8.02. The van der Waals surface area contributed by atoms with Crippen LogP contribution < -0.4 is 10.6 Å². The second kappa shape index (κ2) is 10.7. The Morgan fingerprint density at radius 1 is 1.34 bits per heavy atom. The van der Waals surface area contributed by atoms with E-state index < -0.39 is 39.3 Å². The van der Waals surface area contributed by atoms with Gasteiger partial charge in [0, 0.05) is 11.5 Å². The fourth-order valence-electron chi connectivity index (χ4n) is 2.94. The summed E-state index contributed by atoms with van der Waals surface area (Å²) in [5, 5.41) is 22.8. The van der Waals surface area contributed by atoms with Gasteiger partial charge in [-0.1, -0.05) is 23.1 Å². The number of carboxylic acids is 1. The molecule has 17 heteroatoms. The molecule has 1 fully saturated rings. The lowest BCUT2D eigenvalue weighted by Crippen LogP contribution is -2.70. The van der Waals surface area contributed by atoms with Crippen LogP contribution in [0, 0.1) is 0 Å². The maximum absolute atomic E-state index is 12.5. The SMILES string of the molecule is CSCC(=O)NC1C(=O)N2C(C(=O)O)=C(CSc3nnc(CNCS(=O)(=O)O)s3)CS[C@H]12. The van der Waals surface area contributed by atoms with Crippen molar-refractivity contribution in [1.82, 2.24) is 25.7 Å². The Bertz CT molecular complexity index is 1040. The van der Waals surface area contributed by atoms with Gasteiger partial charge >= 0.3 is 5.97 Å². The van der Waals surface area contributed by atoms with Gasteiger partial charge in [-0.2, -0.15) is 20.2 Å². The summed E-state index contributed by atoms with van der Waals surface area (Å²) in [7, 11) is -4.13. The number of nitrogens with one attached hydrogen (secondary N) is 2. The largest absolute Gasteiger partial charge is 0.477 e. The van der Waals surface area contributed by atoms with Gasteiger partial charge in [0.25, 0.3) is 16.0 Å². The average Bonchev–Trinajstić information content (AvgIpc) is 3.16. The summed E-state index contributed by atoms with van der Waals surface area (Å²) in [5.41, 5.74) is 0.494. The van der Waals surface area contributed by atoms with Crippen LogP contribution in [-0.4, -0.2) is 91.8 Å². The Labute approximate surface area is 200 Å². The number of nitrogens with zero attached hydrogens (tertiary/aromatic N) is 3. The number of carboxylic acid groups (broad SMARTS) is 1. The van der Waals surface area contributed by atoms with E-state index in [9.17, 15) is 27.9 Å². The van der Waals surface area contributed by atoms with Gasteiger partial charge in [0.2, 0.25) is 5.91 Å². The fraction of sp³-hybridized carbons (Fsp3) is 0.533. The van der Waals surface area contributed by atoms with Crippen LogP contribution in [0.5, 0.6) is 0 Å². The van der Waals surface area contributed by atoms with Gasteiger partial charge in [0.1, 0.15) is 28.0 Å². The van der Waals surface area contributed by atoms with E-state index in [1.807, 2.05) is 0 Å². The van der Waals surface area contributed by atoms with Gasteiger partial charge in [-0.15, -0.1) is 22.0 Å². The summed E-state index contributed by atoms with van der Waals surface area (Å²) in [6.07, 6.45) is 1.77. The molecule has 0 aromatic carbocycles. The smallest absolute Gasteiger partial charge is 0.352 e. The minimum Gasteiger partial charge on any atom is -0.477 e. The number of β-lactam (4-membered cyclic amide) rings is 1. The third-order valence-corrected chi connectivity index (χ3v) is 8.82. The van der Waals surface area contributed by atoms with E-state index in [-0.39, 0.29) is 29.7 Å². The zero-order valence-electron chi connectivity index (χ0n) is 16.5. The summed E-state index contributed by atoms with van der Waals surface area (Å²) < 4.78 is 30.7. The first-order valence-corrected chi connectivity index (χ1v) is 14.8. The molecule has 0 saturated carbocycles. The van der Waals surface area contributed by atoms with Crippen molar-refractivity contribution in [3.8, 4) is 0 Å². The fourth-order valence-corrected chi connectivity index (χ4v) is 7.00. The number of carbonyl (C=O) groups excluding carboxylic acids is 2. The zero-order chi connectivity index (χ0) is 23.5. The minimum absolute atomic E-state index is 0.0684. The first kappa shape index (κ1) is 25.3. The monoisotopic (exact) mass is 541 g/mol. The molecule has 0 spiro atoms. The third kappa shape index (κ3) is 6.15. The van der Waals surface area contributed by atoms with Crippen molar-refractivity contribution in [3.63, 3.8) is 0 Å². The summed E-state index contributed by atoms with van der Waals surface area (Å²) in [5.74, 6) is -1.64. The molecule has 0 aliphatic carbocycles. The molecule has 12 nitrogen and oxygen atoms in total. The predicted molar refractivity (Wildman–Crippen MR) is 122 cm³/mol. The standard InChI is InChI=1S/C15H19N5O7S5/c1-28-5-8(21)17-10-12(22)20-11(14(23)24)7(3-29-13(10)20)4-30-15-19-18-9(31-15)2-16-6-32(25,26)27/h10,13,16H,2-6H2,1H3,(H,17,21)(H,23,24)(H,25,26,27)/t10?,13-/m1/s1. The van der Waals surface area contributed by atoms with Crippen LogP contribution in [0.1, 0.15) is 5.01 Å². The number of amides is 2. The molecule has 0 bridgehead atoms. The molecule has 2 atom stereocenters. The van der Waals surface area contributed by atoms with Gasteiger partial charge in [0.05, 0.1) is 12.3 Å². The number of hydrogen-bond donors (Lipinski definition) is 4. The summed E-state index contributed by atoms with van der Waals surface area (Å²) in [6, 6.07) is -0.732. The van der Waals surface area contributed by atoms with E-state index in [1.54, 1.807) is 6.26 Å². The number of fused-ring (bicyclic) bond motifs is 1. The number of thioether (sulfide) groups is 3. The normalized spacial score (nSPS) is 20.7. The van der Waals surface area contributed by atoms with Gasteiger partial charge in [-0.05, 0) is 11.8 Å². The molecule has 32 heavy (non-hydrogen) atoms. The zero-order valence-corrected chi connectivity index (χ0v) is 20.6. The lowest BCUT2D eigenvalue weighted by Gasteiger charge is -2.49. The lowest BCUT2D eigenvalue weighted by molar-refractivity contribution is -0.150. The number of hydrogen-bond acceptors (Lipinski definition) is 12. The number of aromatic nitrogens is 2. The Morgan fingerprint density at radius 3 is 2.75 bits per heavy atom. The Hall–Kier alpha value is -1.37. The molecule has 1 unspecified atom stereocenters. The van der Waals surface area contributed by atoms with E-state index in [1.165, 1.54) is 51.5 Å². The Morgan fingerprint density at radius 2 is 2.09 bits per heavy atom. The van der Waals surface area contributed by atoms with Crippen LogP contribution >= 0.6 is 46.6 Å². The second-order valence-electron chi connectivity index (χ2n) is 6.55. The highest BCUT2D eigenvalue weighted by Crippen LogP contribution is 2.41. The van der Waals surface area contributed by atoms with Crippen molar-refractivity contribution < 1.29 is 32.5 Å². The third-order valence-electron chi connectivity index (χ3n) is 4.22. The van der Waals surface area contributed by atoms with Crippen LogP contribution in [0.3, 0.4) is 0 Å². The summed E-state index contributed by atoms with van der Waals surface area (Å²) in [6.45, 7) is 0.102. The van der Waals surface area contributed by atoms with Crippen molar-refractivity contribution >= 4 is 74.5 Å². The van der Waals surface area contributed by atoms with Crippen LogP contribution in [0.25, 0.3) is 0 Å². The maximum Gasteiger partial charge on any atom is 0.352 e. The Kier molecular flexibility index (Phi) is 8.45. The molecule has 3 rings (SSSR count). The summed E-state index contributed by atoms with van der Waals surface area (Å²) in [4.78, 5) is 37.5. The van der Waals surface area contributed by atoms with E-state index in [0.29, 0.717) is 20.7 Å². The molecular weight excluding hydrogens is 523 g/mol. The van der Waals surface area contributed by atoms with Crippen LogP contribution in [0.15, 0.2) is 15.6 Å². The van der Waals surface area contributed by atoms with Gasteiger partial charge in [-0.25, -0.2) is 4.79 Å². The minimum atomic E-state index is -4.13. The van der Waals surface area contributed by atoms with Crippen LogP contribution in [-0.2, 0) is 31.0 Å². The van der Waals surface area contributed by atoms with E-state index in [0.717, 1.165) is 0 Å². The van der Waals surface area contributed by atoms with Crippen LogP contribution in [0.2, 0.25) is 0 Å². The molecule has 0 radical (unpaired) electrons. The summed E-state index contributed by atoms with van der Waals surface area (Å²) >= 11 is 5.19. The van der Waals surface area contributed by atoms with Gasteiger partial charge in [0.15, 0.2) is 4.34 Å². The molecule has 2 amide bonds. The molecule has 3 heterocycles. The van der Waals surface area contributed by atoms with Crippen LogP contribution in [0.4, 0.5) is 0 Å². The number of rotatable bonds is 11. The highest BCUT2D eigenvalue weighted by atomic mass is 32.2. The molecule has 1 aromatic rings. The molecular formula is C15H19N5O7S5. The average molecular weight is 542 g/mol. The Balaban J connectivity index is 1.62. The maximum atomic E-state index is 12.5. The van der Waals surface area contributed by atoms with Crippen molar-refractivity contribution in [1.29, 1.82) is 0 Å². The lowest BCUT2D eigenvalue weighted by atomic mass is 10.0. The van der Waals surface area contributed by atoms with Gasteiger partial charge in [-0.3, -0.25) is 24.4 Å². The molecule has 1 aromatic heterocycles. The molecule has 4 N–H and O–H groups in total. The van der Waals surface area contributed by atoms with Gasteiger partial charge < -0.3 is 10.4 Å². The highest BCUT2D eigenvalue weighted by Gasteiger charge is 2.54. The topological polar surface area (TPSA) is 179 Å². The first-order chi connectivity index (χ1) is 15.1.